The van der Waals surface area contributed by atoms with Crippen LogP contribution >= 0.6 is 0 Å². The molecule has 0 unspecified atom stereocenters. The minimum absolute atomic E-state index is 0.102. The number of hydrogen-bond donors (Lipinski definition) is 0. The molecule has 0 atom stereocenters. The van der Waals surface area contributed by atoms with E-state index in [-0.39, 0.29) is 23.2 Å². The van der Waals surface area contributed by atoms with E-state index in [1.807, 2.05) is 0 Å². The van der Waals surface area contributed by atoms with Gasteiger partial charge in [0.05, 0.1) is 4.92 Å². The van der Waals surface area contributed by atoms with Gasteiger partial charge in [-0.25, -0.2) is 4.79 Å². The van der Waals surface area contributed by atoms with E-state index in [0.717, 1.165) is 25.7 Å². The molecule has 136 valence electrons. The molecular formula is C18H24N2O5. The number of rotatable bonds is 5. The van der Waals surface area contributed by atoms with Crippen LogP contribution in [0.3, 0.4) is 0 Å². The van der Waals surface area contributed by atoms with Crippen LogP contribution in [0, 0.1) is 23.0 Å². The van der Waals surface area contributed by atoms with E-state index in [0.29, 0.717) is 11.5 Å². The number of aryl methyl sites for hydroxylation is 1. The summed E-state index contributed by atoms with van der Waals surface area (Å²) in [6.45, 7) is 3.39. The molecule has 0 radical (unpaired) electrons. The molecule has 7 nitrogen and oxygen atoms in total. The van der Waals surface area contributed by atoms with Gasteiger partial charge in [0, 0.05) is 19.2 Å². The molecule has 0 aromatic heterocycles. The second-order valence-electron chi connectivity index (χ2n) is 6.72. The van der Waals surface area contributed by atoms with Crippen molar-refractivity contribution in [1.29, 1.82) is 0 Å². The predicted octanol–water partition coefficient (Wildman–Crippen LogP) is 3.10. The molecule has 0 N–H and O–H groups in total. The maximum atomic E-state index is 12.3. The molecule has 1 aliphatic rings. The normalized spacial score (nSPS) is 20.0. The summed E-state index contributed by atoms with van der Waals surface area (Å²) in [5, 5.41) is 11.1. The van der Waals surface area contributed by atoms with E-state index in [1.165, 1.54) is 12.1 Å². The average Bonchev–Trinajstić information content (AvgIpc) is 2.59. The molecule has 0 aliphatic heterocycles. The second-order valence-corrected chi connectivity index (χ2v) is 6.72. The van der Waals surface area contributed by atoms with E-state index < -0.39 is 17.5 Å². The van der Waals surface area contributed by atoms with Gasteiger partial charge in [-0.1, -0.05) is 19.1 Å². The fourth-order valence-electron chi connectivity index (χ4n) is 3.20. The number of carbonyl (C=O) groups is 2. The number of benzene rings is 1. The maximum absolute atomic E-state index is 12.3. The van der Waals surface area contributed by atoms with Crippen molar-refractivity contribution < 1.29 is 19.2 Å². The van der Waals surface area contributed by atoms with Crippen LogP contribution in [0.4, 0.5) is 5.69 Å². The zero-order valence-electron chi connectivity index (χ0n) is 14.9. The first-order valence-electron chi connectivity index (χ1n) is 8.48. The molecule has 0 bridgehead atoms. The lowest BCUT2D eigenvalue weighted by atomic mass is 9.87. The highest BCUT2D eigenvalue weighted by atomic mass is 16.6. The van der Waals surface area contributed by atoms with E-state index in [2.05, 4.69) is 6.92 Å². The smallest absolute Gasteiger partial charge is 0.345 e. The highest BCUT2D eigenvalue weighted by Gasteiger charge is 2.27. The maximum Gasteiger partial charge on any atom is 0.345 e. The van der Waals surface area contributed by atoms with E-state index in [4.69, 9.17) is 4.74 Å². The average molecular weight is 348 g/mol. The Morgan fingerprint density at radius 2 is 1.92 bits per heavy atom. The summed E-state index contributed by atoms with van der Waals surface area (Å²) in [5.74, 6) is -0.452. The fourth-order valence-corrected chi connectivity index (χ4v) is 3.20. The number of nitro groups is 1. The molecule has 2 rings (SSSR count). The molecule has 1 amide bonds. The highest BCUT2D eigenvalue weighted by molar-refractivity contribution is 5.96. The van der Waals surface area contributed by atoms with Gasteiger partial charge in [0.25, 0.3) is 11.6 Å². The van der Waals surface area contributed by atoms with Gasteiger partial charge in [-0.05, 0) is 44.1 Å². The van der Waals surface area contributed by atoms with Crippen molar-refractivity contribution in [2.45, 2.75) is 45.6 Å². The number of esters is 1. The third kappa shape index (κ3) is 4.55. The van der Waals surface area contributed by atoms with Crippen LogP contribution in [0.15, 0.2) is 18.2 Å². The van der Waals surface area contributed by atoms with Gasteiger partial charge in [-0.15, -0.1) is 0 Å². The zero-order chi connectivity index (χ0) is 18.6. The molecule has 1 saturated carbocycles. The monoisotopic (exact) mass is 348 g/mol. The van der Waals surface area contributed by atoms with Crippen LogP contribution in [-0.2, 0) is 9.53 Å². The lowest BCUT2D eigenvalue weighted by Crippen LogP contribution is -2.41. The Balaban J connectivity index is 1.98. The van der Waals surface area contributed by atoms with Crippen molar-refractivity contribution in [3.63, 3.8) is 0 Å². The molecule has 25 heavy (non-hydrogen) atoms. The number of likely N-dealkylation sites (N-methyl/N-ethyl adjacent to an activating group) is 1. The minimum Gasteiger partial charge on any atom is -0.452 e. The summed E-state index contributed by atoms with van der Waals surface area (Å²) in [4.78, 5) is 36.6. The quantitative estimate of drug-likeness (QED) is 0.463. The minimum atomic E-state index is -0.844. The molecular weight excluding hydrogens is 324 g/mol. The Morgan fingerprint density at radius 1 is 1.28 bits per heavy atom. The van der Waals surface area contributed by atoms with Crippen molar-refractivity contribution in [2.75, 3.05) is 13.7 Å². The van der Waals surface area contributed by atoms with Crippen LogP contribution in [0.1, 0.15) is 48.5 Å². The Hall–Kier alpha value is -2.44. The second kappa shape index (κ2) is 8.09. The lowest BCUT2D eigenvalue weighted by Gasteiger charge is -2.33. The summed E-state index contributed by atoms with van der Waals surface area (Å²) in [7, 11) is 1.72. The number of amides is 1. The Bertz CT molecular complexity index is 665. The zero-order valence-corrected chi connectivity index (χ0v) is 14.9. The molecule has 0 saturated heterocycles. The number of hydrogen-bond acceptors (Lipinski definition) is 5. The third-order valence-corrected chi connectivity index (χ3v) is 4.90. The highest BCUT2D eigenvalue weighted by Crippen LogP contribution is 2.27. The summed E-state index contributed by atoms with van der Waals surface area (Å²) < 4.78 is 5.06. The summed E-state index contributed by atoms with van der Waals surface area (Å²) in [6.07, 6.45) is 4.05. The van der Waals surface area contributed by atoms with Gasteiger partial charge in [0.15, 0.2) is 6.61 Å². The molecule has 1 fully saturated rings. The van der Waals surface area contributed by atoms with Gasteiger partial charge in [-0.2, -0.15) is 0 Å². The first-order chi connectivity index (χ1) is 11.8. The summed E-state index contributed by atoms with van der Waals surface area (Å²) >= 11 is 0. The molecule has 0 spiro atoms. The van der Waals surface area contributed by atoms with E-state index in [1.54, 1.807) is 24.9 Å². The molecule has 1 aromatic carbocycles. The van der Waals surface area contributed by atoms with Crippen LogP contribution in [0.25, 0.3) is 0 Å². The van der Waals surface area contributed by atoms with Crippen LogP contribution in [-0.4, -0.2) is 41.4 Å². The molecule has 0 heterocycles. The van der Waals surface area contributed by atoms with Crippen molar-refractivity contribution in [3.05, 3.63) is 39.4 Å². The molecule has 1 aliphatic carbocycles. The molecule has 1 aromatic rings. The number of nitrogens with zero attached hydrogens (tertiary/aromatic N) is 2. The van der Waals surface area contributed by atoms with Gasteiger partial charge in [0.1, 0.15) is 5.56 Å². The number of ether oxygens (including phenoxy) is 1. The fraction of sp³-hybridized carbons (Fsp3) is 0.556. The van der Waals surface area contributed by atoms with E-state index >= 15 is 0 Å². The Kier molecular flexibility index (Phi) is 6.12. The third-order valence-electron chi connectivity index (χ3n) is 4.90. The van der Waals surface area contributed by atoms with Crippen LogP contribution in [0.2, 0.25) is 0 Å². The van der Waals surface area contributed by atoms with Crippen LogP contribution < -0.4 is 0 Å². The van der Waals surface area contributed by atoms with Gasteiger partial charge in [-0.3, -0.25) is 14.9 Å². The van der Waals surface area contributed by atoms with Crippen molar-refractivity contribution in [3.8, 4) is 0 Å². The van der Waals surface area contributed by atoms with Crippen molar-refractivity contribution in [1.82, 2.24) is 4.90 Å². The van der Waals surface area contributed by atoms with E-state index in [9.17, 15) is 19.7 Å². The largest absolute Gasteiger partial charge is 0.452 e. The summed E-state index contributed by atoms with van der Waals surface area (Å²) in [5.41, 5.74) is 0.0304. The number of nitro benzene ring substituents is 1. The van der Waals surface area contributed by atoms with Gasteiger partial charge < -0.3 is 9.64 Å². The Labute approximate surface area is 147 Å². The SMILES string of the molecule is Cc1cccc([N+](=O)[O-])c1C(=O)OCC(=O)N(C)C1CCC(C)CC1. The summed E-state index contributed by atoms with van der Waals surface area (Å²) in [6, 6.07) is 4.52. The van der Waals surface area contributed by atoms with Gasteiger partial charge in [0.2, 0.25) is 0 Å². The van der Waals surface area contributed by atoms with Gasteiger partial charge >= 0.3 is 5.97 Å². The van der Waals surface area contributed by atoms with Crippen molar-refractivity contribution in [2.24, 2.45) is 5.92 Å². The topological polar surface area (TPSA) is 89.7 Å². The van der Waals surface area contributed by atoms with Crippen molar-refractivity contribution >= 4 is 17.6 Å². The first-order valence-corrected chi connectivity index (χ1v) is 8.48. The lowest BCUT2D eigenvalue weighted by molar-refractivity contribution is -0.385. The first kappa shape index (κ1) is 18.9. The molecule has 7 heteroatoms. The Morgan fingerprint density at radius 3 is 2.52 bits per heavy atom. The van der Waals surface area contributed by atoms with Crippen LogP contribution in [0.5, 0.6) is 0 Å². The predicted molar refractivity (Wildman–Crippen MR) is 92.3 cm³/mol. The standard InChI is InChI=1S/C18H24N2O5/c1-12-7-9-14(10-8-12)19(3)16(21)11-25-18(22)17-13(2)5-4-6-15(17)20(23)24/h4-6,12,14H,7-11H2,1-3H3. The number of carbonyl (C=O) groups excluding carboxylic acids is 2.